The number of rotatable bonds is 10. The molecule has 0 aliphatic carbocycles. The van der Waals surface area contributed by atoms with Crippen molar-refractivity contribution in [2.45, 2.75) is 45.0 Å². The van der Waals surface area contributed by atoms with Crippen molar-refractivity contribution in [1.29, 1.82) is 0 Å². The first-order valence-corrected chi connectivity index (χ1v) is 12.2. The van der Waals surface area contributed by atoms with Crippen LogP contribution in [-0.2, 0) is 17.9 Å². The van der Waals surface area contributed by atoms with Crippen molar-refractivity contribution >= 4 is 46.6 Å². The Morgan fingerprint density at radius 1 is 1.24 bits per heavy atom. The van der Waals surface area contributed by atoms with E-state index in [2.05, 4.69) is 48.1 Å². The molecule has 1 heterocycles. The third-order valence-corrected chi connectivity index (χ3v) is 6.31. The highest BCUT2D eigenvalue weighted by Crippen LogP contribution is 2.29. The zero-order valence-electron chi connectivity index (χ0n) is 18.8. The highest BCUT2D eigenvalue weighted by Gasteiger charge is 2.16. The monoisotopic (exact) mass is 504 g/mol. The average molecular weight is 505 g/mol. The molecule has 0 radical (unpaired) electrons. The third kappa shape index (κ3) is 6.76. The molecule has 0 bridgehead atoms. The van der Waals surface area contributed by atoms with Crippen LogP contribution in [0.2, 0.25) is 10.0 Å². The van der Waals surface area contributed by atoms with Crippen molar-refractivity contribution in [2.75, 3.05) is 11.1 Å². The fourth-order valence-corrected chi connectivity index (χ4v) is 4.36. The summed E-state index contributed by atoms with van der Waals surface area (Å²) < 4.78 is 8.02. The van der Waals surface area contributed by atoms with Crippen LogP contribution in [0.3, 0.4) is 0 Å². The van der Waals surface area contributed by atoms with Gasteiger partial charge in [0, 0.05) is 11.6 Å². The maximum atomic E-state index is 12.4. The normalized spacial score (nSPS) is 11.0. The largest absolute Gasteiger partial charge is 0.485 e. The fourth-order valence-electron chi connectivity index (χ4n) is 3.14. The molecule has 3 aromatic rings. The van der Waals surface area contributed by atoms with Gasteiger partial charge in [-0.05, 0) is 48.2 Å². The van der Waals surface area contributed by atoms with Gasteiger partial charge in [0.2, 0.25) is 5.91 Å². The molecule has 3 rings (SSSR count). The molecule has 0 aliphatic heterocycles. The summed E-state index contributed by atoms with van der Waals surface area (Å²) in [5, 5.41) is 12.8. The maximum Gasteiger partial charge on any atom is 0.234 e. The number of hydrogen-bond donors (Lipinski definition) is 1. The number of anilines is 1. The van der Waals surface area contributed by atoms with Crippen LogP contribution in [0.1, 0.15) is 36.7 Å². The van der Waals surface area contributed by atoms with Crippen LogP contribution < -0.4 is 10.1 Å². The molecule has 0 aliphatic rings. The van der Waals surface area contributed by atoms with Gasteiger partial charge in [0.25, 0.3) is 0 Å². The number of hydrogen-bond acceptors (Lipinski definition) is 5. The van der Waals surface area contributed by atoms with Gasteiger partial charge >= 0.3 is 0 Å². The Morgan fingerprint density at radius 2 is 2.03 bits per heavy atom. The van der Waals surface area contributed by atoms with Crippen molar-refractivity contribution < 1.29 is 9.53 Å². The lowest BCUT2D eigenvalue weighted by Gasteiger charge is -2.15. The quantitative estimate of drug-likeness (QED) is 0.251. The van der Waals surface area contributed by atoms with Crippen molar-refractivity contribution in [2.24, 2.45) is 0 Å². The van der Waals surface area contributed by atoms with E-state index in [0.29, 0.717) is 39.2 Å². The SMILES string of the molecule is C=CCn1c(COc2cc(C)ccc2C(C)C)nnc1SCC(=O)Nc1ccc(Cl)cc1Cl. The minimum Gasteiger partial charge on any atom is -0.485 e. The van der Waals surface area contributed by atoms with E-state index in [4.69, 9.17) is 27.9 Å². The van der Waals surface area contributed by atoms with E-state index in [0.717, 1.165) is 16.9 Å². The van der Waals surface area contributed by atoms with Gasteiger partial charge < -0.3 is 10.1 Å². The predicted octanol–water partition coefficient (Wildman–Crippen LogP) is 6.51. The Hall–Kier alpha value is -2.48. The summed E-state index contributed by atoms with van der Waals surface area (Å²) in [6.07, 6.45) is 1.76. The second kappa shape index (κ2) is 11.6. The minimum absolute atomic E-state index is 0.143. The number of thioether (sulfide) groups is 1. The van der Waals surface area contributed by atoms with Crippen molar-refractivity contribution in [1.82, 2.24) is 14.8 Å². The van der Waals surface area contributed by atoms with Crippen LogP contribution in [0.25, 0.3) is 0 Å². The lowest BCUT2D eigenvalue weighted by atomic mass is 10.0. The van der Waals surface area contributed by atoms with Gasteiger partial charge in [-0.1, -0.05) is 67.0 Å². The summed E-state index contributed by atoms with van der Waals surface area (Å²) in [6, 6.07) is 11.1. The van der Waals surface area contributed by atoms with Crippen LogP contribution in [0.4, 0.5) is 5.69 Å². The Morgan fingerprint density at radius 3 is 2.73 bits per heavy atom. The molecule has 0 fully saturated rings. The van der Waals surface area contributed by atoms with Gasteiger partial charge in [-0.25, -0.2) is 0 Å². The number of nitrogens with zero attached hydrogens (tertiary/aromatic N) is 3. The lowest BCUT2D eigenvalue weighted by Crippen LogP contribution is -2.15. The Balaban J connectivity index is 1.67. The van der Waals surface area contributed by atoms with E-state index in [1.807, 2.05) is 17.6 Å². The number of benzene rings is 2. The fraction of sp³-hybridized carbons (Fsp3) is 0.292. The van der Waals surface area contributed by atoms with E-state index in [-0.39, 0.29) is 18.3 Å². The van der Waals surface area contributed by atoms with Crippen LogP contribution in [0.5, 0.6) is 5.75 Å². The molecule has 1 N–H and O–H groups in total. The number of ether oxygens (including phenoxy) is 1. The van der Waals surface area contributed by atoms with Crippen molar-refractivity contribution in [3.05, 3.63) is 76.0 Å². The summed E-state index contributed by atoms with van der Waals surface area (Å²) in [6.45, 7) is 10.9. The minimum atomic E-state index is -0.212. The van der Waals surface area contributed by atoms with Crippen LogP contribution in [0, 0.1) is 6.92 Å². The summed E-state index contributed by atoms with van der Waals surface area (Å²) >= 11 is 13.3. The van der Waals surface area contributed by atoms with Crippen molar-refractivity contribution in [3.63, 3.8) is 0 Å². The van der Waals surface area contributed by atoms with Gasteiger partial charge in [-0.15, -0.1) is 16.8 Å². The molecule has 0 unspecified atom stereocenters. The molecule has 0 saturated carbocycles. The number of amides is 1. The van der Waals surface area contributed by atoms with Crippen LogP contribution >= 0.6 is 35.0 Å². The summed E-state index contributed by atoms with van der Waals surface area (Å²) in [7, 11) is 0. The Kier molecular flexibility index (Phi) is 8.83. The van der Waals surface area contributed by atoms with Crippen molar-refractivity contribution in [3.8, 4) is 5.75 Å². The van der Waals surface area contributed by atoms with E-state index < -0.39 is 0 Å². The lowest BCUT2D eigenvalue weighted by molar-refractivity contribution is -0.113. The molecule has 174 valence electrons. The van der Waals surface area contributed by atoms with Crippen LogP contribution in [-0.4, -0.2) is 26.4 Å². The average Bonchev–Trinajstić information content (AvgIpc) is 3.14. The van der Waals surface area contributed by atoms with E-state index in [1.54, 1.807) is 24.3 Å². The number of halogens is 2. The van der Waals surface area contributed by atoms with Gasteiger partial charge in [-0.3, -0.25) is 9.36 Å². The first-order chi connectivity index (χ1) is 15.8. The second-order valence-corrected chi connectivity index (χ2v) is 9.53. The smallest absolute Gasteiger partial charge is 0.234 e. The number of carbonyl (C=O) groups excluding carboxylic acids is 1. The molecule has 2 aromatic carbocycles. The maximum absolute atomic E-state index is 12.4. The standard InChI is InChI=1S/C24H26Cl2N4O2S/c1-5-10-30-22(13-32-21-11-16(4)6-8-18(21)15(2)3)28-29-24(30)33-14-23(31)27-20-9-7-17(25)12-19(20)26/h5-9,11-12,15H,1,10,13-14H2,2-4H3,(H,27,31). The van der Waals surface area contributed by atoms with Gasteiger partial charge in [-0.2, -0.15) is 0 Å². The molecular weight excluding hydrogens is 479 g/mol. The topological polar surface area (TPSA) is 69.0 Å². The molecule has 0 saturated heterocycles. The van der Waals surface area contributed by atoms with E-state index in [9.17, 15) is 4.79 Å². The van der Waals surface area contributed by atoms with Gasteiger partial charge in [0.1, 0.15) is 12.4 Å². The molecule has 1 amide bonds. The summed E-state index contributed by atoms with van der Waals surface area (Å²) in [5.41, 5.74) is 2.78. The first kappa shape index (κ1) is 25.1. The molecule has 33 heavy (non-hydrogen) atoms. The van der Waals surface area contributed by atoms with Gasteiger partial charge in [0.15, 0.2) is 11.0 Å². The van der Waals surface area contributed by atoms with E-state index >= 15 is 0 Å². The Labute approximate surface area is 208 Å². The number of nitrogens with one attached hydrogen (secondary N) is 1. The molecule has 1 aromatic heterocycles. The van der Waals surface area contributed by atoms with E-state index in [1.165, 1.54) is 11.8 Å². The zero-order valence-corrected chi connectivity index (χ0v) is 21.1. The number of aryl methyl sites for hydroxylation is 1. The molecule has 6 nitrogen and oxygen atoms in total. The van der Waals surface area contributed by atoms with Crippen LogP contribution in [0.15, 0.2) is 54.2 Å². The molecule has 0 atom stereocenters. The number of carbonyl (C=O) groups is 1. The third-order valence-electron chi connectivity index (χ3n) is 4.79. The van der Waals surface area contributed by atoms with Gasteiger partial charge in [0.05, 0.1) is 16.5 Å². The second-order valence-electron chi connectivity index (χ2n) is 7.74. The highest BCUT2D eigenvalue weighted by atomic mass is 35.5. The predicted molar refractivity (Wildman–Crippen MR) is 136 cm³/mol. The zero-order chi connectivity index (χ0) is 24.0. The Bertz CT molecular complexity index is 1150. The molecular formula is C24H26Cl2N4O2S. The highest BCUT2D eigenvalue weighted by molar-refractivity contribution is 7.99. The number of aromatic nitrogens is 3. The first-order valence-electron chi connectivity index (χ1n) is 10.4. The molecule has 0 spiro atoms. The summed E-state index contributed by atoms with van der Waals surface area (Å²) in [4.78, 5) is 12.4. The number of allylic oxidation sites excluding steroid dienone is 1. The summed E-state index contributed by atoms with van der Waals surface area (Å²) in [5.74, 6) is 1.77. The molecule has 9 heteroatoms.